The number of carbonyl (C=O) groups excluding carboxylic acids is 1. The maximum Gasteiger partial charge on any atom is 0.390 e. The molecule has 0 spiro atoms. The van der Waals surface area contributed by atoms with E-state index in [0.29, 0.717) is 11.4 Å². The molecule has 0 aliphatic heterocycles. The molecule has 0 fully saturated rings. The lowest BCUT2D eigenvalue weighted by Gasteiger charge is -2.21. The first-order chi connectivity index (χ1) is 10.3. The van der Waals surface area contributed by atoms with Gasteiger partial charge in [-0.25, -0.2) is 4.79 Å². The molecule has 0 radical (unpaired) electrons. The summed E-state index contributed by atoms with van der Waals surface area (Å²) in [4.78, 5) is 24.1. The molecule has 3 rings (SSSR count). The highest BCUT2D eigenvalue weighted by Gasteiger charge is 2.20. The van der Waals surface area contributed by atoms with Gasteiger partial charge in [-0.3, -0.25) is 4.90 Å². The first kappa shape index (κ1) is 13.0. The summed E-state index contributed by atoms with van der Waals surface area (Å²) in [7, 11) is 0. The Hall–Kier alpha value is -3.01. The molecule has 2 amide bonds. The summed E-state index contributed by atoms with van der Waals surface area (Å²) in [6, 6.07) is 21.5. The Balaban J connectivity index is 2.25. The molecule has 0 N–H and O–H groups in total. The van der Waals surface area contributed by atoms with Gasteiger partial charge in [0.15, 0.2) is 0 Å². The van der Waals surface area contributed by atoms with Gasteiger partial charge in [0.2, 0.25) is 0 Å². The van der Waals surface area contributed by atoms with E-state index in [1.807, 2.05) is 54.6 Å². The SMILES string of the molecule is O=NC(=O)N(c1ccccc1)c1cccc2ccccc12. The van der Waals surface area contributed by atoms with Crippen LogP contribution in [0.4, 0.5) is 16.2 Å². The number of hydrogen-bond donors (Lipinski definition) is 0. The molecule has 0 unspecified atom stereocenters. The van der Waals surface area contributed by atoms with Gasteiger partial charge in [-0.1, -0.05) is 54.6 Å². The standard InChI is InChI=1S/C17H12N2O2/c20-17(18-21)19(14-9-2-1-3-10-14)16-12-6-8-13-7-4-5-11-15(13)16/h1-12H. The summed E-state index contributed by atoms with van der Waals surface area (Å²) in [5, 5.41) is 4.47. The van der Waals surface area contributed by atoms with E-state index in [1.54, 1.807) is 18.2 Å². The van der Waals surface area contributed by atoms with Crippen molar-refractivity contribution >= 4 is 28.2 Å². The molecule has 0 aromatic heterocycles. The van der Waals surface area contributed by atoms with Crippen LogP contribution in [0.1, 0.15) is 0 Å². The summed E-state index contributed by atoms with van der Waals surface area (Å²) in [6.45, 7) is 0. The van der Waals surface area contributed by atoms with E-state index >= 15 is 0 Å². The minimum Gasteiger partial charge on any atom is -0.258 e. The van der Waals surface area contributed by atoms with Crippen LogP contribution in [0.5, 0.6) is 0 Å². The molecule has 21 heavy (non-hydrogen) atoms. The van der Waals surface area contributed by atoms with Crippen molar-refractivity contribution in [2.45, 2.75) is 0 Å². The second-order valence-corrected chi connectivity index (χ2v) is 4.54. The zero-order valence-electron chi connectivity index (χ0n) is 11.1. The molecule has 0 aliphatic carbocycles. The van der Waals surface area contributed by atoms with Crippen LogP contribution in [0, 0.1) is 4.91 Å². The molecule has 4 nitrogen and oxygen atoms in total. The molecule has 3 aromatic carbocycles. The smallest absolute Gasteiger partial charge is 0.258 e. The van der Waals surface area contributed by atoms with Crippen molar-refractivity contribution in [2.24, 2.45) is 5.18 Å². The zero-order valence-corrected chi connectivity index (χ0v) is 11.1. The first-order valence-corrected chi connectivity index (χ1v) is 6.51. The lowest BCUT2D eigenvalue weighted by Crippen LogP contribution is -2.22. The maximum absolute atomic E-state index is 12.0. The monoisotopic (exact) mass is 276 g/mol. The van der Waals surface area contributed by atoms with Crippen LogP contribution in [0.3, 0.4) is 0 Å². The molecule has 0 aliphatic rings. The van der Waals surface area contributed by atoms with E-state index in [0.717, 1.165) is 10.8 Å². The number of benzene rings is 3. The zero-order chi connectivity index (χ0) is 14.7. The fourth-order valence-electron chi connectivity index (χ4n) is 2.37. The third-order valence-corrected chi connectivity index (χ3v) is 3.29. The maximum atomic E-state index is 12.0. The molecule has 0 saturated heterocycles. The van der Waals surface area contributed by atoms with Crippen molar-refractivity contribution in [3.05, 3.63) is 77.7 Å². The number of fused-ring (bicyclic) bond motifs is 1. The fourth-order valence-corrected chi connectivity index (χ4v) is 2.37. The Kier molecular flexibility index (Phi) is 3.43. The molecule has 0 atom stereocenters. The molecule has 102 valence electrons. The van der Waals surface area contributed by atoms with Crippen LogP contribution >= 0.6 is 0 Å². The minimum absolute atomic E-state index is 0.610. The first-order valence-electron chi connectivity index (χ1n) is 6.51. The third kappa shape index (κ3) is 2.39. The minimum atomic E-state index is -0.836. The van der Waals surface area contributed by atoms with E-state index < -0.39 is 6.03 Å². The van der Waals surface area contributed by atoms with Gasteiger partial charge >= 0.3 is 6.03 Å². The molecular formula is C17H12N2O2. The molecule has 0 bridgehead atoms. The topological polar surface area (TPSA) is 49.7 Å². The Bertz CT molecular complexity index is 795. The second kappa shape index (κ2) is 5.54. The summed E-state index contributed by atoms with van der Waals surface area (Å²) < 4.78 is 0. The number of urea groups is 1. The normalized spacial score (nSPS) is 10.3. The number of para-hydroxylation sites is 1. The Morgan fingerprint density at radius 2 is 1.48 bits per heavy atom. The average Bonchev–Trinajstić information content (AvgIpc) is 2.56. The van der Waals surface area contributed by atoms with Crippen molar-refractivity contribution in [2.75, 3.05) is 4.90 Å². The number of carbonyl (C=O) groups is 1. The van der Waals surface area contributed by atoms with E-state index in [2.05, 4.69) is 5.18 Å². The van der Waals surface area contributed by atoms with Gasteiger partial charge in [-0.2, -0.15) is 0 Å². The lowest BCUT2D eigenvalue weighted by atomic mass is 10.1. The molecule has 0 saturated carbocycles. The highest BCUT2D eigenvalue weighted by Crippen LogP contribution is 2.32. The Labute approximate surface area is 121 Å². The Morgan fingerprint density at radius 3 is 2.24 bits per heavy atom. The number of nitrogens with zero attached hydrogens (tertiary/aromatic N) is 2. The predicted octanol–water partition coefficient (Wildman–Crippen LogP) is 4.86. The fraction of sp³-hybridized carbons (Fsp3) is 0. The van der Waals surface area contributed by atoms with Gasteiger partial charge in [-0.15, -0.1) is 4.91 Å². The second-order valence-electron chi connectivity index (χ2n) is 4.54. The molecular weight excluding hydrogens is 264 g/mol. The van der Waals surface area contributed by atoms with Crippen LogP contribution in [0.25, 0.3) is 10.8 Å². The summed E-state index contributed by atoms with van der Waals surface area (Å²) in [5.41, 5.74) is 1.25. The van der Waals surface area contributed by atoms with E-state index in [4.69, 9.17) is 0 Å². The number of nitroso groups, excluding NO2 is 1. The molecule has 3 aromatic rings. The van der Waals surface area contributed by atoms with Gasteiger partial charge in [0.05, 0.1) is 11.4 Å². The van der Waals surface area contributed by atoms with Crippen LogP contribution in [-0.2, 0) is 0 Å². The average molecular weight is 276 g/mol. The van der Waals surface area contributed by atoms with Gasteiger partial charge in [-0.05, 0) is 23.6 Å². The van der Waals surface area contributed by atoms with E-state index in [9.17, 15) is 9.70 Å². The van der Waals surface area contributed by atoms with Crippen LogP contribution in [0.2, 0.25) is 0 Å². The summed E-state index contributed by atoms with van der Waals surface area (Å²) >= 11 is 0. The predicted molar refractivity (Wildman–Crippen MR) is 83.7 cm³/mol. The van der Waals surface area contributed by atoms with Gasteiger partial charge in [0.1, 0.15) is 0 Å². The molecule has 4 heteroatoms. The number of amides is 2. The lowest BCUT2D eigenvalue weighted by molar-refractivity contribution is 0.256. The number of anilines is 2. The van der Waals surface area contributed by atoms with Crippen molar-refractivity contribution in [3.8, 4) is 0 Å². The van der Waals surface area contributed by atoms with Gasteiger partial charge in [0, 0.05) is 10.6 Å². The molecule has 0 heterocycles. The largest absolute Gasteiger partial charge is 0.390 e. The van der Waals surface area contributed by atoms with Gasteiger partial charge in [0.25, 0.3) is 0 Å². The quantitative estimate of drug-likeness (QED) is 0.627. The van der Waals surface area contributed by atoms with Crippen LogP contribution in [-0.4, -0.2) is 6.03 Å². The highest BCUT2D eigenvalue weighted by molar-refractivity contribution is 6.07. The summed E-state index contributed by atoms with van der Waals surface area (Å²) in [6.07, 6.45) is 0. The number of hydrogen-bond acceptors (Lipinski definition) is 2. The number of rotatable bonds is 2. The van der Waals surface area contributed by atoms with E-state index in [-0.39, 0.29) is 0 Å². The van der Waals surface area contributed by atoms with Crippen LogP contribution < -0.4 is 4.90 Å². The van der Waals surface area contributed by atoms with E-state index in [1.165, 1.54) is 4.90 Å². The van der Waals surface area contributed by atoms with Crippen molar-refractivity contribution in [3.63, 3.8) is 0 Å². The van der Waals surface area contributed by atoms with Gasteiger partial charge < -0.3 is 0 Å². The van der Waals surface area contributed by atoms with Crippen molar-refractivity contribution in [1.82, 2.24) is 0 Å². The summed E-state index contributed by atoms with van der Waals surface area (Å²) in [5.74, 6) is 0. The van der Waals surface area contributed by atoms with Crippen molar-refractivity contribution < 1.29 is 4.79 Å². The highest BCUT2D eigenvalue weighted by atomic mass is 16.3. The third-order valence-electron chi connectivity index (χ3n) is 3.29. The van der Waals surface area contributed by atoms with Crippen LogP contribution in [0.15, 0.2) is 78.0 Å². The Morgan fingerprint density at radius 1 is 0.810 bits per heavy atom. The van der Waals surface area contributed by atoms with Crippen molar-refractivity contribution in [1.29, 1.82) is 0 Å².